The summed E-state index contributed by atoms with van der Waals surface area (Å²) in [4.78, 5) is 20.5. The lowest BCUT2D eigenvalue weighted by Gasteiger charge is -2.01. The smallest absolute Gasteiger partial charge is 0.290 e. The number of hydrogen-bond donors (Lipinski definition) is 2. The van der Waals surface area contributed by atoms with Crippen LogP contribution in [0.15, 0.2) is 50.3 Å². The van der Waals surface area contributed by atoms with Crippen molar-refractivity contribution in [1.82, 2.24) is 19.7 Å². The Morgan fingerprint density at radius 3 is 2.41 bits per heavy atom. The summed E-state index contributed by atoms with van der Waals surface area (Å²) in [7, 11) is -4.29. The average Bonchev–Trinajstić information content (AvgIpc) is 2.86. The standard InChI is InChI=1S/C15H13ClN6O4S/c1-8-7-12(16)18-15(17-8)22-14(23)13(9(2)21-22)20-19-10-3-5-11(6-4-10)27(24,25)26/h3-7,21H,1-2H3,(H,24,25,26). The molecule has 27 heavy (non-hydrogen) atoms. The summed E-state index contributed by atoms with van der Waals surface area (Å²) in [6.45, 7) is 3.35. The fourth-order valence-corrected chi connectivity index (χ4v) is 2.92. The molecule has 10 nitrogen and oxygen atoms in total. The lowest BCUT2D eigenvalue weighted by Crippen LogP contribution is -2.17. The number of aromatic amines is 1. The number of H-pyrrole nitrogens is 1. The van der Waals surface area contributed by atoms with Gasteiger partial charge in [-0.3, -0.25) is 14.4 Å². The minimum Gasteiger partial charge on any atom is -0.290 e. The maximum atomic E-state index is 12.6. The van der Waals surface area contributed by atoms with Crippen molar-refractivity contribution in [2.45, 2.75) is 18.7 Å². The first-order valence-corrected chi connectivity index (χ1v) is 9.29. The monoisotopic (exact) mass is 408 g/mol. The Balaban J connectivity index is 1.95. The molecule has 140 valence electrons. The molecule has 0 amide bonds. The molecule has 0 bridgehead atoms. The Bertz CT molecular complexity index is 1180. The number of rotatable bonds is 4. The van der Waals surface area contributed by atoms with E-state index in [1.807, 2.05) is 0 Å². The number of benzene rings is 1. The molecule has 3 rings (SSSR count). The van der Waals surface area contributed by atoms with Crippen molar-refractivity contribution in [2.75, 3.05) is 0 Å². The highest BCUT2D eigenvalue weighted by Crippen LogP contribution is 2.20. The van der Waals surface area contributed by atoms with Gasteiger partial charge < -0.3 is 0 Å². The van der Waals surface area contributed by atoms with Gasteiger partial charge in [0.25, 0.3) is 16.1 Å². The number of nitrogens with one attached hydrogen (secondary N) is 1. The van der Waals surface area contributed by atoms with Crippen molar-refractivity contribution < 1.29 is 13.0 Å². The van der Waals surface area contributed by atoms with Gasteiger partial charge >= 0.3 is 5.56 Å². The number of aromatic nitrogens is 4. The molecule has 2 aromatic heterocycles. The number of nitrogens with zero attached hydrogens (tertiary/aromatic N) is 5. The lowest BCUT2D eigenvalue weighted by atomic mass is 10.3. The summed E-state index contributed by atoms with van der Waals surface area (Å²) in [5, 5.41) is 10.8. The number of aryl methyl sites for hydroxylation is 2. The van der Waals surface area contributed by atoms with Gasteiger partial charge in [-0.1, -0.05) is 11.6 Å². The minimum absolute atomic E-state index is 0.0371. The Morgan fingerprint density at radius 1 is 1.15 bits per heavy atom. The second-order valence-electron chi connectivity index (χ2n) is 5.53. The highest BCUT2D eigenvalue weighted by molar-refractivity contribution is 7.85. The molecule has 12 heteroatoms. The molecule has 0 aliphatic heterocycles. The zero-order valence-corrected chi connectivity index (χ0v) is 15.7. The zero-order valence-electron chi connectivity index (χ0n) is 14.1. The topological polar surface area (TPSA) is 143 Å². The molecule has 2 heterocycles. The summed E-state index contributed by atoms with van der Waals surface area (Å²) in [5.41, 5.74) is 0.831. The Hall–Kier alpha value is -2.89. The van der Waals surface area contributed by atoms with Gasteiger partial charge in [-0.05, 0) is 44.2 Å². The van der Waals surface area contributed by atoms with Crippen LogP contribution in [0.5, 0.6) is 0 Å². The van der Waals surface area contributed by atoms with Gasteiger partial charge in [0.1, 0.15) is 5.15 Å². The summed E-state index contributed by atoms with van der Waals surface area (Å²) in [6.07, 6.45) is 0. The van der Waals surface area contributed by atoms with Crippen LogP contribution >= 0.6 is 11.6 Å². The van der Waals surface area contributed by atoms with Crippen molar-refractivity contribution >= 4 is 33.1 Å². The van der Waals surface area contributed by atoms with Crippen LogP contribution in [0.3, 0.4) is 0 Å². The normalized spacial score (nSPS) is 12.0. The van der Waals surface area contributed by atoms with E-state index in [9.17, 15) is 13.2 Å². The molecule has 0 aliphatic rings. The molecule has 0 saturated heterocycles. The molecule has 0 spiro atoms. The maximum absolute atomic E-state index is 12.6. The van der Waals surface area contributed by atoms with E-state index >= 15 is 0 Å². The molecule has 0 atom stereocenters. The lowest BCUT2D eigenvalue weighted by molar-refractivity contribution is 0.483. The van der Waals surface area contributed by atoms with Crippen LogP contribution in [-0.2, 0) is 10.1 Å². The van der Waals surface area contributed by atoms with Crippen LogP contribution in [0.1, 0.15) is 11.4 Å². The number of azo groups is 1. The van der Waals surface area contributed by atoms with E-state index in [0.29, 0.717) is 17.1 Å². The first kappa shape index (κ1) is 18.9. The largest absolute Gasteiger partial charge is 0.301 e. The molecular weight excluding hydrogens is 396 g/mol. The summed E-state index contributed by atoms with van der Waals surface area (Å²) < 4.78 is 32.1. The SMILES string of the molecule is Cc1cc(Cl)nc(-n2[nH]c(C)c(N=Nc3ccc(S(=O)(=O)O)cc3)c2=O)n1. The van der Waals surface area contributed by atoms with Gasteiger partial charge in [0, 0.05) is 5.69 Å². The Kier molecular flexibility index (Phi) is 4.91. The van der Waals surface area contributed by atoms with E-state index in [4.69, 9.17) is 16.2 Å². The molecular formula is C15H13ClN6O4S. The Morgan fingerprint density at radius 2 is 1.81 bits per heavy atom. The molecule has 2 N–H and O–H groups in total. The molecule has 3 aromatic rings. The Labute approximate surface area is 158 Å². The van der Waals surface area contributed by atoms with Crippen LogP contribution < -0.4 is 5.56 Å². The van der Waals surface area contributed by atoms with Gasteiger partial charge in [0.15, 0.2) is 5.69 Å². The van der Waals surface area contributed by atoms with Crippen molar-refractivity contribution in [3.63, 3.8) is 0 Å². The maximum Gasteiger partial charge on any atom is 0.301 e. The van der Waals surface area contributed by atoms with E-state index in [1.54, 1.807) is 19.9 Å². The average molecular weight is 409 g/mol. The van der Waals surface area contributed by atoms with Crippen LogP contribution in [0, 0.1) is 13.8 Å². The van der Waals surface area contributed by atoms with Crippen molar-refractivity contribution in [2.24, 2.45) is 10.2 Å². The highest BCUT2D eigenvalue weighted by Gasteiger charge is 2.15. The van der Waals surface area contributed by atoms with Crippen molar-refractivity contribution in [3.8, 4) is 5.95 Å². The zero-order chi connectivity index (χ0) is 19.8. The molecule has 0 fully saturated rings. The molecule has 0 radical (unpaired) electrons. The van der Waals surface area contributed by atoms with Gasteiger partial charge in [-0.15, -0.1) is 5.11 Å². The minimum atomic E-state index is -4.29. The number of halogens is 1. The van der Waals surface area contributed by atoms with Gasteiger partial charge in [0.2, 0.25) is 0 Å². The molecule has 1 aromatic carbocycles. The number of hydrogen-bond acceptors (Lipinski definition) is 7. The van der Waals surface area contributed by atoms with Crippen molar-refractivity contribution in [1.29, 1.82) is 0 Å². The van der Waals surface area contributed by atoms with E-state index in [2.05, 4.69) is 25.3 Å². The summed E-state index contributed by atoms with van der Waals surface area (Å²) in [6, 6.07) is 6.60. The van der Waals surface area contributed by atoms with E-state index in [0.717, 1.165) is 4.68 Å². The fourth-order valence-electron chi connectivity index (χ4n) is 2.20. The molecule has 0 aliphatic carbocycles. The second-order valence-corrected chi connectivity index (χ2v) is 7.34. The van der Waals surface area contributed by atoms with Crippen LogP contribution in [0.2, 0.25) is 5.15 Å². The third-order valence-electron chi connectivity index (χ3n) is 3.45. The predicted molar refractivity (Wildman–Crippen MR) is 96.9 cm³/mol. The van der Waals surface area contributed by atoms with E-state index < -0.39 is 15.7 Å². The predicted octanol–water partition coefficient (Wildman–Crippen LogP) is 2.89. The summed E-state index contributed by atoms with van der Waals surface area (Å²) >= 11 is 5.90. The van der Waals surface area contributed by atoms with Crippen LogP contribution in [0.25, 0.3) is 5.95 Å². The van der Waals surface area contributed by atoms with Gasteiger partial charge in [-0.2, -0.15) is 23.2 Å². The van der Waals surface area contributed by atoms with E-state index in [-0.39, 0.29) is 21.7 Å². The third kappa shape index (κ3) is 4.10. The fraction of sp³-hybridized carbons (Fsp3) is 0.133. The van der Waals surface area contributed by atoms with Crippen molar-refractivity contribution in [3.05, 3.63) is 57.2 Å². The van der Waals surface area contributed by atoms with E-state index in [1.165, 1.54) is 24.3 Å². The van der Waals surface area contributed by atoms with Crippen LogP contribution in [-0.4, -0.2) is 32.7 Å². The molecule has 0 unspecified atom stereocenters. The second kappa shape index (κ2) is 7.02. The third-order valence-corrected chi connectivity index (χ3v) is 4.51. The first-order chi connectivity index (χ1) is 12.6. The van der Waals surface area contributed by atoms with Gasteiger partial charge in [0.05, 0.1) is 16.3 Å². The quantitative estimate of drug-likeness (QED) is 0.386. The van der Waals surface area contributed by atoms with Gasteiger partial charge in [-0.25, -0.2) is 4.98 Å². The molecule has 0 saturated carbocycles. The summed E-state index contributed by atoms with van der Waals surface area (Å²) in [5.74, 6) is 0.0760. The first-order valence-electron chi connectivity index (χ1n) is 7.47. The van der Waals surface area contributed by atoms with Crippen LogP contribution in [0.4, 0.5) is 11.4 Å². The highest BCUT2D eigenvalue weighted by atomic mass is 35.5.